The quantitative estimate of drug-likeness (QED) is 0.483. The van der Waals surface area contributed by atoms with Gasteiger partial charge in [0.25, 0.3) is 0 Å². The smallest absolute Gasteiger partial charge is 0.157 e. The second-order valence-corrected chi connectivity index (χ2v) is 12.0. The summed E-state index contributed by atoms with van der Waals surface area (Å²) in [6.07, 6.45) is 15.5. The molecular formula is C28H46N2O4. The number of hydrogen-bond acceptors (Lipinski definition) is 5. The maximum absolute atomic E-state index is 13.3. The van der Waals surface area contributed by atoms with Gasteiger partial charge in [0, 0.05) is 24.8 Å². The molecule has 1 aromatic heterocycles. The maximum atomic E-state index is 13.3. The number of unbranched alkanes of at least 4 members (excludes halogenated alkanes) is 1. The minimum atomic E-state index is -0.682. The van der Waals surface area contributed by atoms with Gasteiger partial charge in [0.05, 0.1) is 31.6 Å². The average molecular weight is 475 g/mol. The SMILES string of the molecule is CCCCC(O)(COC)C[C@@H]1CC[C@@H]2[C@H](CC[C@]3(C)[C@@H](C(=O)Cn4cc(CO)cn4)CC[C@@H]23)C1. The van der Waals surface area contributed by atoms with Crippen LogP contribution in [0.4, 0.5) is 0 Å². The predicted octanol–water partition coefficient (Wildman–Crippen LogP) is 4.76. The van der Waals surface area contributed by atoms with E-state index in [1.165, 1.54) is 32.1 Å². The fraction of sp³-hybridized carbons (Fsp3) is 0.857. The van der Waals surface area contributed by atoms with E-state index < -0.39 is 5.60 Å². The maximum Gasteiger partial charge on any atom is 0.157 e. The van der Waals surface area contributed by atoms with Crippen LogP contribution in [0.1, 0.15) is 90.0 Å². The Kier molecular flexibility index (Phi) is 8.20. The number of ether oxygens (including phenoxy) is 1. The minimum absolute atomic E-state index is 0.0387. The molecule has 2 N–H and O–H groups in total. The van der Waals surface area contributed by atoms with Gasteiger partial charge in [-0.3, -0.25) is 9.48 Å². The van der Waals surface area contributed by atoms with Crippen molar-refractivity contribution in [1.82, 2.24) is 9.78 Å². The topological polar surface area (TPSA) is 84.6 Å². The van der Waals surface area contributed by atoms with Crippen molar-refractivity contribution >= 4 is 5.78 Å². The second kappa shape index (κ2) is 10.8. The Bertz CT molecular complexity index is 825. The molecule has 3 aliphatic carbocycles. The highest BCUT2D eigenvalue weighted by Gasteiger charge is 2.56. The van der Waals surface area contributed by atoms with Gasteiger partial charge in [-0.2, -0.15) is 5.10 Å². The molecule has 3 aliphatic rings. The van der Waals surface area contributed by atoms with Gasteiger partial charge in [-0.15, -0.1) is 0 Å². The van der Waals surface area contributed by atoms with Crippen LogP contribution in [0.3, 0.4) is 0 Å². The van der Waals surface area contributed by atoms with E-state index in [2.05, 4.69) is 18.9 Å². The summed E-state index contributed by atoms with van der Waals surface area (Å²) in [5, 5.41) is 24.8. The molecule has 34 heavy (non-hydrogen) atoms. The lowest BCUT2D eigenvalue weighted by Gasteiger charge is -2.52. The summed E-state index contributed by atoms with van der Waals surface area (Å²) in [6, 6.07) is 0. The van der Waals surface area contributed by atoms with E-state index >= 15 is 0 Å². The number of rotatable bonds is 11. The number of carbonyl (C=O) groups excluding carboxylic acids is 1. The van der Waals surface area contributed by atoms with Crippen molar-refractivity contribution in [2.45, 2.75) is 103 Å². The molecule has 3 fully saturated rings. The first kappa shape index (κ1) is 25.8. The zero-order chi connectivity index (χ0) is 24.3. The average Bonchev–Trinajstić information content (AvgIpc) is 3.41. The Morgan fingerprint density at radius 2 is 2.12 bits per heavy atom. The number of ketones is 1. The van der Waals surface area contributed by atoms with Crippen molar-refractivity contribution in [1.29, 1.82) is 0 Å². The van der Waals surface area contributed by atoms with Crippen LogP contribution in [-0.4, -0.2) is 45.1 Å². The van der Waals surface area contributed by atoms with Crippen molar-refractivity contribution in [3.63, 3.8) is 0 Å². The van der Waals surface area contributed by atoms with Gasteiger partial charge >= 0.3 is 0 Å². The van der Waals surface area contributed by atoms with Crippen LogP contribution < -0.4 is 0 Å². The highest BCUT2D eigenvalue weighted by molar-refractivity contribution is 5.82. The van der Waals surface area contributed by atoms with Crippen LogP contribution in [0.25, 0.3) is 0 Å². The van der Waals surface area contributed by atoms with Crippen molar-refractivity contribution in [2.24, 2.45) is 35.0 Å². The van der Waals surface area contributed by atoms with Crippen molar-refractivity contribution in [3.8, 4) is 0 Å². The normalized spacial score (nSPS) is 34.9. The number of aromatic nitrogens is 2. The zero-order valence-corrected chi connectivity index (χ0v) is 21.5. The van der Waals surface area contributed by atoms with Gasteiger partial charge in [-0.1, -0.05) is 33.1 Å². The van der Waals surface area contributed by atoms with Gasteiger partial charge in [0.2, 0.25) is 0 Å². The standard InChI is InChI=1S/C28H46N2O4/c1-4-5-11-28(33,19-34-3)14-20-6-7-23-22(13-20)10-12-27(2)24(23)8-9-25(27)26(32)17-30-16-21(18-31)15-29-30/h15-16,20,22-25,31,33H,4-14,17-19H2,1-3H3/t20-,22-,23-,24+,25-,27+,28?/m1/s1. The molecule has 0 saturated heterocycles. The number of aliphatic hydroxyl groups excluding tert-OH is 1. The monoisotopic (exact) mass is 474 g/mol. The van der Waals surface area contributed by atoms with E-state index in [1.54, 1.807) is 24.2 Å². The molecule has 0 amide bonds. The van der Waals surface area contributed by atoms with E-state index in [-0.39, 0.29) is 17.9 Å². The van der Waals surface area contributed by atoms with Crippen LogP contribution in [0.2, 0.25) is 0 Å². The zero-order valence-electron chi connectivity index (χ0n) is 21.5. The van der Waals surface area contributed by atoms with Crippen LogP contribution >= 0.6 is 0 Å². The van der Waals surface area contributed by atoms with E-state index in [0.29, 0.717) is 30.8 Å². The third-order valence-corrected chi connectivity index (χ3v) is 9.78. The molecule has 4 rings (SSSR count). The number of Topliss-reactive ketones (excluding diaryl/α,β-unsaturated/α-hetero) is 1. The largest absolute Gasteiger partial charge is 0.392 e. The third-order valence-electron chi connectivity index (χ3n) is 9.78. The van der Waals surface area contributed by atoms with E-state index in [9.17, 15) is 15.0 Å². The summed E-state index contributed by atoms with van der Waals surface area (Å²) in [5.74, 6) is 3.13. The van der Waals surface area contributed by atoms with Crippen molar-refractivity contribution in [3.05, 3.63) is 18.0 Å². The van der Waals surface area contributed by atoms with Gasteiger partial charge in [-0.25, -0.2) is 0 Å². The molecular weight excluding hydrogens is 428 g/mol. The lowest BCUT2D eigenvalue weighted by atomic mass is 9.53. The van der Waals surface area contributed by atoms with Crippen LogP contribution in [0.5, 0.6) is 0 Å². The Labute approximate surface area is 205 Å². The third kappa shape index (κ3) is 5.29. The molecule has 6 heteroatoms. The molecule has 1 aromatic rings. The molecule has 0 aliphatic heterocycles. The first-order chi connectivity index (χ1) is 16.3. The summed E-state index contributed by atoms with van der Waals surface area (Å²) < 4.78 is 7.10. The minimum Gasteiger partial charge on any atom is -0.392 e. The van der Waals surface area contributed by atoms with E-state index in [0.717, 1.165) is 55.9 Å². The lowest BCUT2D eigenvalue weighted by molar-refractivity contribution is -0.130. The Hall–Kier alpha value is -1.24. The lowest BCUT2D eigenvalue weighted by Crippen LogP contribution is -2.46. The molecule has 0 bridgehead atoms. The van der Waals surface area contributed by atoms with Gasteiger partial charge in [-0.05, 0) is 80.5 Å². The summed E-state index contributed by atoms with van der Waals surface area (Å²) in [7, 11) is 1.70. The van der Waals surface area contributed by atoms with Crippen LogP contribution in [0, 0.1) is 35.0 Å². The van der Waals surface area contributed by atoms with Gasteiger partial charge in [0.15, 0.2) is 5.78 Å². The van der Waals surface area contributed by atoms with Crippen molar-refractivity contribution < 1.29 is 19.7 Å². The van der Waals surface area contributed by atoms with Gasteiger partial charge < -0.3 is 14.9 Å². The number of fused-ring (bicyclic) bond motifs is 3. The highest BCUT2D eigenvalue weighted by atomic mass is 16.5. The number of hydrogen-bond donors (Lipinski definition) is 2. The molecule has 3 saturated carbocycles. The van der Waals surface area contributed by atoms with Crippen LogP contribution in [0.15, 0.2) is 12.4 Å². The van der Waals surface area contributed by atoms with Crippen LogP contribution in [-0.2, 0) is 22.7 Å². The molecule has 6 nitrogen and oxygen atoms in total. The summed E-state index contributed by atoms with van der Waals surface area (Å²) in [4.78, 5) is 13.3. The number of aliphatic hydroxyl groups is 2. The molecule has 1 unspecified atom stereocenters. The van der Waals surface area contributed by atoms with Crippen molar-refractivity contribution in [2.75, 3.05) is 13.7 Å². The van der Waals surface area contributed by atoms with E-state index in [4.69, 9.17) is 4.74 Å². The summed E-state index contributed by atoms with van der Waals surface area (Å²) >= 11 is 0. The molecule has 0 spiro atoms. The summed E-state index contributed by atoms with van der Waals surface area (Å²) in [6.45, 7) is 5.29. The Morgan fingerprint density at radius 1 is 1.29 bits per heavy atom. The molecule has 0 radical (unpaired) electrons. The Morgan fingerprint density at radius 3 is 2.82 bits per heavy atom. The predicted molar refractivity (Wildman–Crippen MR) is 132 cm³/mol. The second-order valence-electron chi connectivity index (χ2n) is 12.0. The molecule has 1 heterocycles. The molecule has 0 aromatic carbocycles. The first-order valence-electron chi connectivity index (χ1n) is 13.7. The molecule has 7 atom stereocenters. The number of nitrogens with zero attached hydrogens (tertiary/aromatic N) is 2. The highest BCUT2D eigenvalue weighted by Crippen LogP contribution is 2.62. The fourth-order valence-corrected chi connectivity index (χ4v) is 8.17. The van der Waals surface area contributed by atoms with Gasteiger partial charge in [0.1, 0.15) is 0 Å². The van der Waals surface area contributed by atoms with E-state index in [1.807, 2.05) is 0 Å². The molecule has 192 valence electrons. The Balaban J connectivity index is 1.37. The number of carbonyl (C=O) groups is 1. The first-order valence-corrected chi connectivity index (χ1v) is 13.7. The number of methoxy groups -OCH3 is 1. The summed E-state index contributed by atoms with van der Waals surface area (Å²) in [5.41, 5.74) is 0.182. The fourth-order valence-electron chi connectivity index (χ4n) is 8.17.